The van der Waals surface area contributed by atoms with E-state index in [2.05, 4.69) is 0 Å². The molecule has 0 aromatic carbocycles. The van der Waals surface area contributed by atoms with Crippen molar-refractivity contribution < 1.29 is 15.1 Å². The van der Waals surface area contributed by atoms with Crippen molar-refractivity contribution in [3.63, 3.8) is 0 Å². The van der Waals surface area contributed by atoms with Crippen molar-refractivity contribution in [3.8, 4) is 0 Å². The molecule has 3 nitrogen and oxygen atoms in total. The molecule has 6 heavy (non-hydrogen) atoms. The van der Waals surface area contributed by atoms with E-state index in [0.717, 1.165) is 0 Å². The summed E-state index contributed by atoms with van der Waals surface area (Å²) in [6.45, 7) is 0. The van der Waals surface area contributed by atoms with Gasteiger partial charge >= 0.3 is 7.32 Å². The van der Waals surface area contributed by atoms with Crippen LogP contribution < -0.4 is 0 Å². The molecule has 6 heteroatoms. The van der Waals surface area contributed by atoms with Crippen molar-refractivity contribution in [3.05, 3.63) is 0 Å². The molecule has 0 fully saturated rings. The van der Waals surface area contributed by atoms with Crippen LogP contribution in [0, 0.1) is 0 Å². The SMILES string of the molecule is OB(O)O.S.[B]. The van der Waals surface area contributed by atoms with E-state index in [1.54, 1.807) is 0 Å². The molecule has 3 radical (unpaired) electrons. The predicted molar refractivity (Wildman–Crippen MR) is 28.5 cm³/mol. The topological polar surface area (TPSA) is 60.7 Å². The highest BCUT2D eigenvalue weighted by Gasteiger charge is 1.92. The Morgan fingerprint density at radius 2 is 1.00 bits per heavy atom. The second-order valence-electron chi connectivity index (χ2n) is 0.346. The van der Waals surface area contributed by atoms with Crippen LogP contribution in [-0.4, -0.2) is 30.8 Å². The van der Waals surface area contributed by atoms with Crippen molar-refractivity contribution in [2.45, 2.75) is 0 Å². The fourth-order valence-electron chi connectivity index (χ4n) is 0. The first-order valence-electron chi connectivity index (χ1n) is 0.775. The maximum atomic E-state index is 7.17. The molecule has 0 aromatic heterocycles. The van der Waals surface area contributed by atoms with Crippen LogP contribution >= 0.6 is 13.5 Å². The Balaban J connectivity index is -0.0000000450. The summed E-state index contributed by atoms with van der Waals surface area (Å²) in [6, 6.07) is 0. The highest BCUT2D eigenvalue weighted by atomic mass is 32.1. The Hall–Kier alpha value is 0.360. The van der Waals surface area contributed by atoms with Crippen molar-refractivity contribution >= 4 is 29.2 Å². The lowest BCUT2D eigenvalue weighted by Gasteiger charge is -1.69. The molecule has 0 saturated heterocycles. The molecule has 3 N–H and O–H groups in total. The molecule has 0 amide bonds. The summed E-state index contributed by atoms with van der Waals surface area (Å²) in [7, 11) is -2.17. The smallest absolute Gasteiger partial charge is 0.402 e. The van der Waals surface area contributed by atoms with Crippen molar-refractivity contribution in [2.24, 2.45) is 0 Å². The van der Waals surface area contributed by atoms with Crippen LogP contribution in [0.1, 0.15) is 0 Å². The summed E-state index contributed by atoms with van der Waals surface area (Å²) in [6.07, 6.45) is 0. The summed E-state index contributed by atoms with van der Waals surface area (Å²) < 4.78 is 0. The third-order valence-corrected chi connectivity index (χ3v) is 0. The van der Waals surface area contributed by atoms with Gasteiger partial charge in [0.05, 0.1) is 0 Å². The zero-order valence-electron chi connectivity index (χ0n) is 3.00. The molecule has 0 aliphatic rings. The van der Waals surface area contributed by atoms with Crippen LogP contribution in [0.4, 0.5) is 0 Å². The van der Waals surface area contributed by atoms with E-state index in [1.807, 2.05) is 0 Å². The summed E-state index contributed by atoms with van der Waals surface area (Å²) in [4.78, 5) is 0. The fraction of sp³-hybridized carbons (Fsp3) is 0. The molecule has 0 bridgehead atoms. The molecular formula is H5B2O3S. The first kappa shape index (κ1) is 16.2. The third-order valence-electron chi connectivity index (χ3n) is 0. The van der Waals surface area contributed by atoms with E-state index in [4.69, 9.17) is 15.1 Å². The van der Waals surface area contributed by atoms with Gasteiger partial charge in [0, 0.05) is 8.41 Å². The standard InChI is InChI=1S/BH3O3.B.H2S/c2-1(3)4;;/h2-4H;;1H2. The van der Waals surface area contributed by atoms with Gasteiger partial charge in [0.2, 0.25) is 0 Å². The van der Waals surface area contributed by atoms with Gasteiger partial charge in [0.1, 0.15) is 0 Å². The maximum Gasteiger partial charge on any atom is 0.631 e. The van der Waals surface area contributed by atoms with Gasteiger partial charge in [-0.3, -0.25) is 0 Å². The zero-order valence-corrected chi connectivity index (χ0v) is 4.00. The van der Waals surface area contributed by atoms with Crippen LogP contribution in [0.2, 0.25) is 0 Å². The molecule has 35 valence electrons. The van der Waals surface area contributed by atoms with E-state index >= 15 is 0 Å². The number of hydrogen-bond acceptors (Lipinski definition) is 3. The van der Waals surface area contributed by atoms with E-state index in [-0.39, 0.29) is 21.9 Å². The van der Waals surface area contributed by atoms with E-state index in [9.17, 15) is 0 Å². The average molecular weight is 107 g/mol. The monoisotopic (exact) mass is 107 g/mol. The van der Waals surface area contributed by atoms with Gasteiger partial charge in [-0.2, -0.15) is 13.5 Å². The highest BCUT2D eigenvalue weighted by Crippen LogP contribution is 1.40. The first-order valence-corrected chi connectivity index (χ1v) is 0.775. The lowest BCUT2D eigenvalue weighted by molar-refractivity contribution is 0.278. The Kier molecular flexibility index (Phi) is 24.3. The first-order chi connectivity index (χ1) is 1.73. The predicted octanol–water partition coefficient (Wildman–Crippen LogP) is -2.32. The lowest BCUT2D eigenvalue weighted by atomic mass is 10.3. The summed E-state index contributed by atoms with van der Waals surface area (Å²) in [5, 5.41) is 21.5. The van der Waals surface area contributed by atoms with Crippen molar-refractivity contribution in [2.75, 3.05) is 0 Å². The molecule has 0 saturated carbocycles. The van der Waals surface area contributed by atoms with E-state index in [1.165, 1.54) is 0 Å². The molecule has 0 aliphatic carbocycles. The highest BCUT2D eigenvalue weighted by molar-refractivity contribution is 7.59. The van der Waals surface area contributed by atoms with Gasteiger partial charge in [-0.05, 0) is 0 Å². The van der Waals surface area contributed by atoms with Crippen LogP contribution in [0.3, 0.4) is 0 Å². The lowest BCUT2D eigenvalue weighted by Crippen LogP contribution is -2.07. The van der Waals surface area contributed by atoms with Crippen LogP contribution in [0.15, 0.2) is 0 Å². The van der Waals surface area contributed by atoms with Gasteiger partial charge in [-0.25, -0.2) is 0 Å². The van der Waals surface area contributed by atoms with Gasteiger partial charge in [0.15, 0.2) is 0 Å². The second kappa shape index (κ2) is 9.03. The minimum absolute atomic E-state index is 0. The Bertz CT molecular complexity index is 13.5. The average Bonchev–Trinajstić information content (AvgIpc) is 0.811. The fourth-order valence-corrected chi connectivity index (χ4v) is 0. The molecule has 0 heterocycles. The van der Waals surface area contributed by atoms with E-state index < -0.39 is 7.32 Å². The largest absolute Gasteiger partial charge is 0.631 e. The molecule has 0 aromatic rings. The second-order valence-corrected chi connectivity index (χ2v) is 0.346. The third kappa shape index (κ3) is 380. The minimum Gasteiger partial charge on any atom is -0.402 e. The normalized spacial score (nSPS) is 4.50. The Morgan fingerprint density at radius 3 is 1.00 bits per heavy atom. The minimum atomic E-state index is -2.17. The van der Waals surface area contributed by atoms with Gasteiger partial charge < -0.3 is 15.1 Å². The van der Waals surface area contributed by atoms with Gasteiger partial charge in [-0.1, -0.05) is 0 Å². The zero-order chi connectivity index (χ0) is 3.58. The summed E-state index contributed by atoms with van der Waals surface area (Å²) in [5.74, 6) is 0. The molecule has 0 rings (SSSR count). The molecule has 0 atom stereocenters. The van der Waals surface area contributed by atoms with Crippen LogP contribution in [-0.2, 0) is 0 Å². The molecular weight excluding hydrogens is 102 g/mol. The van der Waals surface area contributed by atoms with Crippen LogP contribution in [0.25, 0.3) is 0 Å². The van der Waals surface area contributed by atoms with Gasteiger partial charge in [0.25, 0.3) is 0 Å². The maximum absolute atomic E-state index is 7.17. The molecule has 0 spiro atoms. The van der Waals surface area contributed by atoms with Crippen molar-refractivity contribution in [1.29, 1.82) is 0 Å². The molecule has 0 unspecified atom stereocenters. The van der Waals surface area contributed by atoms with Crippen LogP contribution in [0.5, 0.6) is 0 Å². The summed E-state index contributed by atoms with van der Waals surface area (Å²) in [5.41, 5.74) is 0. The molecule has 0 aliphatic heterocycles. The van der Waals surface area contributed by atoms with Crippen molar-refractivity contribution in [1.82, 2.24) is 0 Å². The van der Waals surface area contributed by atoms with Gasteiger partial charge in [-0.15, -0.1) is 0 Å². The Labute approximate surface area is 45.2 Å². The summed E-state index contributed by atoms with van der Waals surface area (Å²) >= 11 is 0. The Morgan fingerprint density at radius 1 is 1.00 bits per heavy atom. The number of rotatable bonds is 0. The number of hydrogen-bond donors (Lipinski definition) is 3. The van der Waals surface area contributed by atoms with E-state index in [0.29, 0.717) is 0 Å². The quantitative estimate of drug-likeness (QED) is 0.304.